The molecule has 2 bridgehead atoms. The molecule has 1 N–H and O–H groups in total. The zero-order valence-electron chi connectivity index (χ0n) is 17.7. The number of nitrogens with zero attached hydrogens (tertiary/aromatic N) is 2. The number of hydrogen-bond donors (Lipinski definition) is 1. The standard InChI is InChI=1S/C25H33N3O/c1-3-19-9-11-21(12-10-19)17-27(2)25(29)26-22-15-23-13-14-24(16-22)28(23)18-20-7-5-4-6-8-20/h4-12,22-24H,3,13-18H2,1-2H3,(H,26,29). The van der Waals surface area contributed by atoms with Gasteiger partial charge >= 0.3 is 6.03 Å². The Labute approximate surface area is 174 Å². The van der Waals surface area contributed by atoms with Gasteiger partial charge in [-0.3, -0.25) is 4.90 Å². The van der Waals surface area contributed by atoms with Gasteiger partial charge < -0.3 is 10.2 Å². The Bertz CT molecular complexity index is 791. The number of urea groups is 1. The lowest BCUT2D eigenvalue weighted by atomic mass is 9.96. The maximum absolute atomic E-state index is 12.7. The fourth-order valence-corrected chi connectivity index (χ4v) is 4.96. The summed E-state index contributed by atoms with van der Waals surface area (Å²) >= 11 is 0. The number of carbonyl (C=O) groups excluding carboxylic acids is 1. The summed E-state index contributed by atoms with van der Waals surface area (Å²) in [6.07, 6.45) is 5.68. The van der Waals surface area contributed by atoms with Crippen molar-refractivity contribution in [1.82, 2.24) is 15.1 Å². The Balaban J connectivity index is 1.29. The molecule has 4 rings (SSSR count). The minimum atomic E-state index is 0.0467. The molecule has 0 aromatic heterocycles. The van der Waals surface area contributed by atoms with Crippen LogP contribution in [0.5, 0.6) is 0 Å². The molecular weight excluding hydrogens is 358 g/mol. The van der Waals surface area contributed by atoms with Crippen molar-refractivity contribution in [2.45, 2.75) is 70.2 Å². The van der Waals surface area contributed by atoms with Crippen LogP contribution in [0.3, 0.4) is 0 Å². The summed E-state index contributed by atoms with van der Waals surface area (Å²) < 4.78 is 0. The van der Waals surface area contributed by atoms with Crippen molar-refractivity contribution in [1.29, 1.82) is 0 Å². The van der Waals surface area contributed by atoms with Crippen molar-refractivity contribution in [3.05, 3.63) is 71.3 Å². The van der Waals surface area contributed by atoms with Gasteiger partial charge in [-0.2, -0.15) is 0 Å². The van der Waals surface area contributed by atoms with E-state index >= 15 is 0 Å². The molecular formula is C25H33N3O. The highest BCUT2D eigenvalue weighted by molar-refractivity contribution is 5.74. The molecule has 2 unspecified atom stereocenters. The molecule has 2 aliphatic rings. The average Bonchev–Trinajstić information content (AvgIpc) is 2.97. The van der Waals surface area contributed by atoms with E-state index in [2.05, 4.69) is 71.7 Å². The van der Waals surface area contributed by atoms with Crippen LogP contribution in [-0.2, 0) is 19.5 Å². The highest BCUT2D eigenvalue weighted by Crippen LogP contribution is 2.36. The van der Waals surface area contributed by atoms with Gasteiger partial charge in [0.05, 0.1) is 0 Å². The number of rotatable bonds is 6. The van der Waals surface area contributed by atoms with Crippen LogP contribution in [-0.4, -0.2) is 41.0 Å². The molecule has 154 valence electrons. The predicted octanol–water partition coefficient (Wildman–Crippen LogP) is 4.59. The SMILES string of the molecule is CCc1ccc(CN(C)C(=O)NC2CC3CCC(C2)N3Cc2ccccc2)cc1. The third-order valence-corrected chi connectivity index (χ3v) is 6.62. The summed E-state index contributed by atoms with van der Waals surface area (Å²) in [4.78, 5) is 17.2. The number of benzene rings is 2. The van der Waals surface area contributed by atoms with E-state index in [-0.39, 0.29) is 12.1 Å². The van der Waals surface area contributed by atoms with E-state index < -0.39 is 0 Å². The summed E-state index contributed by atoms with van der Waals surface area (Å²) in [5, 5.41) is 3.31. The van der Waals surface area contributed by atoms with Gasteiger partial charge in [0, 0.05) is 38.3 Å². The second kappa shape index (κ2) is 9.00. The van der Waals surface area contributed by atoms with Crippen LogP contribution in [0.25, 0.3) is 0 Å². The zero-order valence-corrected chi connectivity index (χ0v) is 17.7. The number of aryl methyl sites for hydroxylation is 1. The highest BCUT2D eigenvalue weighted by Gasteiger charge is 2.41. The number of fused-ring (bicyclic) bond motifs is 2. The second-order valence-corrected chi connectivity index (χ2v) is 8.69. The van der Waals surface area contributed by atoms with Crippen molar-refractivity contribution in [3.63, 3.8) is 0 Å². The summed E-state index contributed by atoms with van der Waals surface area (Å²) in [7, 11) is 1.89. The van der Waals surface area contributed by atoms with E-state index in [0.29, 0.717) is 18.6 Å². The first-order valence-electron chi connectivity index (χ1n) is 11.0. The Kier molecular flexibility index (Phi) is 6.19. The number of nitrogens with one attached hydrogen (secondary N) is 1. The van der Waals surface area contributed by atoms with E-state index in [1.165, 1.54) is 29.5 Å². The quantitative estimate of drug-likeness (QED) is 0.782. The maximum Gasteiger partial charge on any atom is 0.317 e. The lowest BCUT2D eigenvalue weighted by molar-refractivity contribution is 0.108. The topological polar surface area (TPSA) is 35.6 Å². The summed E-state index contributed by atoms with van der Waals surface area (Å²) in [6, 6.07) is 20.8. The maximum atomic E-state index is 12.7. The zero-order chi connectivity index (χ0) is 20.2. The summed E-state index contributed by atoms with van der Waals surface area (Å²) in [5.74, 6) is 0. The summed E-state index contributed by atoms with van der Waals surface area (Å²) in [5.41, 5.74) is 3.90. The first-order valence-corrected chi connectivity index (χ1v) is 11.0. The highest BCUT2D eigenvalue weighted by atomic mass is 16.2. The summed E-state index contributed by atoms with van der Waals surface area (Å²) in [6.45, 7) is 3.84. The average molecular weight is 392 g/mol. The Hall–Kier alpha value is -2.33. The van der Waals surface area contributed by atoms with Crippen molar-refractivity contribution < 1.29 is 4.79 Å². The van der Waals surface area contributed by atoms with Gasteiger partial charge in [-0.15, -0.1) is 0 Å². The van der Waals surface area contributed by atoms with E-state index in [1.807, 2.05) is 7.05 Å². The van der Waals surface area contributed by atoms with E-state index in [4.69, 9.17) is 0 Å². The largest absolute Gasteiger partial charge is 0.335 e. The minimum Gasteiger partial charge on any atom is -0.335 e. The molecule has 2 amide bonds. The molecule has 4 nitrogen and oxygen atoms in total. The van der Waals surface area contributed by atoms with Crippen molar-refractivity contribution in [2.75, 3.05) is 7.05 Å². The van der Waals surface area contributed by atoms with Crippen LogP contribution < -0.4 is 5.32 Å². The molecule has 2 aromatic carbocycles. The van der Waals surface area contributed by atoms with Gasteiger partial charge in [0.1, 0.15) is 0 Å². The Morgan fingerprint density at radius 3 is 2.21 bits per heavy atom. The normalized spacial score (nSPS) is 23.7. The Morgan fingerprint density at radius 2 is 1.59 bits per heavy atom. The van der Waals surface area contributed by atoms with Gasteiger partial charge in [-0.25, -0.2) is 4.79 Å². The number of amides is 2. The predicted molar refractivity (Wildman–Crippen MR) is 118 cm³/mol. The molecule has 2 aliphatic heterocycles. The number of carbonyl (C=O) groups is 1. The van der Waals surface area contributed by atoms with Gasteiger partial charge in [0.15, 0.2) is 0 Å². The molecule has 4 heteroatoms. The van der Waals surface area contributed by atoms with Gasteiger partial charge in [-0.1, -0.05) is 61.5 Å². The van der Waals surface area contributed by atoms with Crippen molar-refractivity contribution in [3.8, 4) is 0 Å². The molecule has 0 aliphatic carbocycles. The lowest BCUT2D eigenvalue weighted by Gasteiger charge is -2.39. The second-order valence-electron chi connectivity index (χ2n) is 8.69. The molecule has 2 fully saturated rings. The third-order valence-electron chi connectivity index (χ3n) is 6.62. The van der Waals surface area contributed by atoms with Crippen LogP contribution >= 0.6 is 0 Å². The number of hydrogen-bond acceptors (Lipinski definition) is 2. The monoisotopic (exact) mass is 391 g/mol. The number of piperidine rings is 1. The lowest BCUT2D eigenvalue weighted by Crippen LogP contribution is -2.52. The van der Waals surface area contributed by atoms with Crippen molar-refractivity contribution >= 4 is 6.03 Å². The molecule has 29 heavy (non-hydrogen) atoms. The molecule has 0 saturated carbocycles. The van der Waals surface area contributed by atoms with Crippen LogP contribution in [0.15, 0.2) is 54.6 Å². The van der Waals surface area contributed by atoms with E-state index in [9.17, 15) is 4.79 Å². The minimum absolute atomic E-state index is 0.0467. The third kappa shape index (κ3) is 4.81. The first-order chi connectivity index (χ1) is 14.1. The van der Waals surface area contributed by atoms with Crippen LogP contribution in [0.1, 0.15) is 49.3 Å². The van der Waals surface area contributed by atoms with Crippen LogP contribution in [0.4, 0.5) is 4.79 Å². The van der Waals surface area contributed by atoms with Crippen LogP contribution in [0, 0.1) is 0 Å². The van der Waals surface area contributed by atoms with E-state index in [1.54, 1.807) is 4.90 Å². The molecule has 2 heterocycles. The fraction of sp³-hybridized carbons (Fsp3) is 0.480. The molecule has 0 radical (unpaired) electrons. The van der Waals surface area contributed by atoms with E-state index in [0.717, 1.165) is 25.8 Å². The van der Waals surface area contributed by atoms with Gasteiger partial charge in [0.2, 0.25) is 0 Å². The molecule has 0 spiro atoms. The molecule has 2 aromatic rings. The fourth-order valence-electron chi connectivity index (χ4n) is 4.96. The Morgan fingerprint density at radius 1 is 0.966 bits per heavy atom. The van der Waals surface area contributed by atoms with Gasteiger partial charge in [0.25, 0.3) is 0 Å². The first kappa shape index (κ1) is 20.0. The van der Waals surface area contributed by atoms with Gasteiger partial charge in [-0.05, 0) is 48.8 Å². The molecule has 2 saturated heterocycles. The smallest absolute Gasteiger partial charge is 0.317 e. The molecule has 2 atom stereocenters. The van der Waals surface area contributed by atoms with Crippen molar-refractivity contribution in [2.24, 2.45) is 0 Å². The van der Waals surface area contributed by atoms with Crippen LogP contribution in [0.2, 0.25) is 0 Å².